The van der Waals surface area contributed by atoms with E-state index in [1.54, 1.807) is 11.8 Å². The number of aromatic nitrogens is 3. The lowest BCUT2D eigenvalue weighted by molar-refractivity contribution is -0.147. The van der Waals surface area contributed by atoms with Crippen LogP contribution in [-0.2, 0) is 24.4 Å². The number of rotatable bonds is 3. The second kappa shape index (κ2) is 6.36. The molecule has 1 aromatic carbocycles. The highest BCUT2D eigenvalue weighted by atomic mass is 32.2. The van der Waals surface area contributed by atoms with Crippen molar-refractivity contribution < 1.29 is 18.0 Å². The Hall–Kier alpha value is -2.03. The summed E-state index contributed by atoms with van der Waals surface area (Å²) in [5.41, 5.74) is 1.96. The maximum absolute atomic E-state index is 12.9. The topological polar surface area (TPSA) is 51.0 Å². The van der Waals surface area contributed by atoms with Gasteiger partial charge in [0.15, 0.2) is 5.16 Å². The summed E-state index contributed by atoms with van der Waals surface area (Å²) in [5.74, 6) is -1.23. The van der Waals surface area contributed by atoms with Crippen molar-refractivity contribution in [3.63, 3.8) is 0 Å². The van der Waals surface area contributed by atoms with Gasteiger partial charge in [0.2, 0.25) is 11.7 Å². The number of hydrogen-bond acceptors (Lipinski definition) is 4. The van der Waals surface area contributed by atoms with Crippen molar-refractivity contribution >= 4 is 23.4 Å². The third-order valence-corrected chi connectivity index (χ3v) is 5.28. The lowest BCUT2D eigenvalue weighted by Gasteiger charge is -2.25. The molecule has 0 fully saturated rings. The summed E-state index contributed by atoms with van der Waals surface area (Å²) in [4.78, 5) is 14.6. The van der Waals surface area contributed by atoms with Crippen LogP contribution in [-0.4, -0.2) is 32.0 Å². The van der Waals surface area contributed by atoms with Gasteiger partial charge in [-0.2, -0.15) is 13.2 Å². The number of benzene rings is 1. The smallest absolute Gasteiger partial charge is 0.308 e. The Morgan fingerprint density at radius 2 is 2.00 bits per heavy atom. The number of anilines is 1. The van der Waals surface area contributed by atoms with E-state index in [-0.39, 0.29) is 17.1 Å². The molecule has 0 saturated heterocycles. The number of thioether (sulfide) groups is 1. The average molecular weight is 370 g/mol. The van der Waals surface area contributed by atoms with E-state index in [1.807, 2.05) is 31.2 Å². The van der Waals surface area contributed by atoms with Gasteiger partial charge in [-0.25, -0.2) is 0 Å². The van der Waals surface area contributed by atoms with Gasteiger partial charge in [-0.3, -0.25) is 4.79 Å². The van der Waals surface area contributed by atoms with E-state index in [0.717, 1.165) is 34.0 Å². The molecular formula is C16H17F3N4OS. The van der Waals surface area contributed by atoms with Crippen LogP contribution < -0.4 is 4.90 Å². The molecule has 0 aliphatic carbocycles. The largest absolute Gasteiger partial charge is 0.451 e. The highest BCUT2D eigenvalue weighted by Crippen LogP contribution is 2.35. The van der Waals surface area contributed by atoms with Crippen LogP contribution in [0.3, 0.4) is 0 Å². The highest BCUT2D eigenvalue weighted by molar-refractivity contribution is 8.00. The van der Waals surface area contributed by atoms with Crippen molar-refractivity contribution in [1.29, 1.82) is 0 Å². The quantitative estimate of drug-likeness (QED) is 0.778. The summed E-state index contributed by atoms with van der Waals surface area (Å²) in [7, 11) is 1.25. The van der Waals surface area contributed by atoms with E-state index in [0.29, 0.717) is 0 Å². The molecule has 0 unspecified atom stereocenters. The molecule has 25 heavy (non-hydrogen) atoms. The van der Waals surface area contributed by atoms with Gasteiger partial charge in [0.25, 0.3) is 0 Å². The van der Waals surface area contributed by atoms with Crippen molar-refractivity contribution in [2.75, 3.05) is 4.90 Å². The van der Waals surface area contributed by atoms with Crippen molar-refractivity contribution in [2.45, 2.75) is 42.9 Å². The van der Waals surface area contributed by atoms with Gasteiger partial charge in [0.05, 0.1) is 5.25 Å². The minimum Gasteiger partial charge on any atom is -0.308 e. The molecule has 0 N–H and O–H groups in total. The van der Waals surface area contributed by atoms with E-state index in [9.17, 15) is 18.0 Å². The minimum absolute atomic E-state index is 0.0122. The van der Waals surface area contributed by atoms with Crippen molar-refractivity contribution in [3.8, 4) is 0 Å². The van der Waals surface area contributed by atoms with E-state index in [1.165, 1.54) is 7.05 Å². The van der Waals surface area contributed by atoms with Crippen LogP contribution in [0.5, 0.6) is 0 Å². The predicted octanol–water partition coefficient (Wildman–Crippen LogP) is 3.29. The number of para-hydroxylation sites is 1. The monoisotopic (exact) mass is 370 g/mol. The SMILES string of the molecule is C[C@H](Sc1nnc(C(F)(F)F)n1C)C(=O)N1c2ccccc2C[C@H]1C. The van der Waals surface area contributed by atoms with E-state index >= 15 is 0 Å². The molecule has 0 saturated carbocycles. The third-order valence-electron chi connectivity index (χ3n) is 4.16. The van der Waals surface area contributed by atoms with Crippen molar-refractivity contribution in [1.82, 2.24) is 14.8 Å². The standard InChI is InChI=1S/C16H17F3N4OS/c1-9-8-11-6-4-5-7-12(11)23(9)13(24)10(2)25-15-21-20-14(22(15)3)16(17,18)19/h4-7,9-10H,8H2,1-3H3/t9-,10+/m1/s1. The Balaban J connectivity index is 1.79. The molecule has 2 heterocycles. The zero-order chi connectivity index (χ0) is 18.4. The minimum atomic E-state index is -4.57. The second-order valence-electron chi connectivity index (χ2n) is 6.01. The van der Waals surface area contributed by atoms with E-state index in [4.69, 9.17) is 0 Å². The summed E-state index contributed by atoms with van der Waals surface area (Å²) < 4.78 is 39.3. The van der Waals surface area contributed by atoms with Gasteiger partial charge in [0.1, 0.15) is 0 Å². The Bertz CT molecular complexity index is 805. The number of fused-ring (bicyclic) bond motifs is 1. The number of nitrogens with zero attached hydrogens (tertiary/aromatic N) is 4. The van der Waals surface area contributed by atoms with Crippen LogP contribution in [0.15, 0.2) is 29.4 Å². The fraction of sp³-hybridized carbons (Fsp3) is 0.438. The first-order valence-electron chi connectivity index (χ1n) is 7.74. The molecule has 1 aliphatic rings. The first-order chi connectivity index (χ1) is 11.7. The lowest BCUT2D eigenvalue weighted by atomic mass is 10.1. The summed E-state index contributed by atoms with van der Waals surface area (Å²) >= 11 is 0.977. The van der Waals surface area contributed by atoms with Gasteiger partial charge in [-0.15, -0.1) is 10.2 Å². The first kappa shape index (κ1) is 17.8. The summed E-state index contributed by atoms with van der Waals surface area (Å²) in [6.45, 7) is 3.63. The van der Waals surface area contributed by atoms with Crippen LogP contribution >= 0.6 is 11.8 Å². The van der Waals surface area contributed by atoms with Crippen LogP contribution in [0.4, 0.5) is 18.9 Å². The molecule has 3 rings (SSSR count). The van der Waals surface area contributed by atoms with Gasteiger partial charge < -0.3 is 9.47 Å². The molecule has 5 nitrogen and oxygen atoms in total. The summed E-state index contributed by atoms with van der Waals surface area (Å²) in [6, 6.07) is 7.68. The average Bonchev–Trinajstić information content (AvgIpc) is 3.06. The van der Waals surface area contributed by atoms with Crippen molar-refractivity contribution in [3.05, 3.63) is 35.7 Å². The molecule has 1 aromatic heterocycles. The molecule has 0 radical (unpaired) electrons. The molecule has 0 bridgehead atoms. The molecule has 1 amide bonds. The predicted molar refractivity (Wildman–Crippen MR) is 88.4 cm³/mol. The van der Waals surface area contributed by atoms with Crippen LogP contribution in [0.2, 0.25) is 0 Å². The number of carbonyl (C=O) groups is 1. The molecule has 9 heteroatoms. The molecule has 0 spiro atoms. The Morgan fingerprint density at radius 3 is 2.64 bits per heavy atom. The first-order valence-corrected chi connectivity index (χ1v) is 8.62. The van der Waals surface area contributed by atoms with Gasteiger partial charge >= 0.3 is 6.18 Å². The highest BCUT2D eigenvalue weighted by Gasteiger charge is 2.39. The number of halogens is 3. The zero-order valence-corrected chi connectivity index (χ0v) is 14.7. The summed E-state index contributed by atoms with van der Waals surface area (Å²) in [5, 5.41) is 6.25. The number of amides is 1. The molecule has 1 aliphatic heterocycles. The lowest BCUT2D eigenvalue weighted by Crippen LogP contribution is -2.40. The second-order valence-corrected chi connectivity index (χ2v) is 7.32. The Labute approximate surface area is 147 Å². The zero-order valence-electron chi connectivity index (χ0n) is 13.9. The molecular weight excluding hydrogens is 353 g/mol. The number of carbonyl (C=O) groups excluding carboxylic acids is 1. The van der Waals surface area contributed by atoms with E-state index < -0.39 is 17.3 Å². The van der Waals surface area contributed by atoms with Gasteiger partial charge in [0, 0.05) is 18.8 Å². The Kier molecular flexibility index (Phi) is 4.52. The fourth-order valence-electron chi connectivity index (χ4n) is 2.97. The fourth-order valence-corrected chi connectivity index (χ4v) is 3.83. The van der Waals surface area contributed by atoms with Gasteiger partial charge in [-0.1, -0.05) is 30.0 Å². The van der Waals surface area contributed by atoms with Crippen LogP contribution in [0.25, 0.3) is 0 Å². The van der Waals surface area contributed by atoms with E-state index in [2.05, 4.69) is 10.2 Å². The maximum Gasteiger partial charge on any atom is 0.451 e. The summed E-state index contributed by atoms with van der Waals surface area (Å²) in [6.07, 6.45) is -3.81. The normalized spacial score (nSPS) is 18.3. The van der Waals surface area contributed by atoms with Gasteiger partial charge in [-0.05, 0) is 31.9 Å². The maximum atomic E-state index is 12.9. The van der Waals surface area contributed by atoms with Crippen LogP contribution in [0.1, 0.15) is 25.2 Å². The Morgan fingerprint density at radius 1 is 1.32 bits per heavy atom. The van der Waals surface area contributed by atoms with Crippen LogP contribution in [0, 0.1) is 0 Å². The number of hydrogen-bond donors (Lipinski definition) is 0. The molecule has 2 aromatic rings. The number of alkyl halides is 3. The molecule has 134 valence electrons. The van der Waals surface area contributed by atoms with Crippen molar-refractivity contribution in [2.24, 2.45) is 7.05 Å². The third kappa shape index (κ3) is 3.24. The molecule has 2 atom stereocenters.